The van der Waals surface area contributed by atoms with E-state index in [9.17, 15) is 13.2 Å². The van der Waals surface area contributed by atoms with Crippen LogP contribution in [-0.4, -0.2) is 24.2 Å². The number of hydrogen-bond acceptors (Lipinski definition) is 3. The summed E-state index contributed by atoms with van der Waals surface area (Å²) in [4.78, 5) is 3.31. The van der Waals surface area contributed by atoms with Gasteiger partial charge in [0.25, 0.3) is 0 Å². The van der Waals surface area contributed by atoms with E-state index in [-0.39, 0.29) is 6.04 Å². The molecule has 1 aliphatic heterocycles. The number of ether oxygens (including phenoxy) is 1. The van der Waals surface area contributed by atoms with Gasteiger partial charge >= 0.3 is 6.18 Å². The molecule has 0 aromatic carbocycles. The number of hydrogen-bond donors (Lipinski definition) is 1. The van der Waals surface area contributed by atoms with E-state index >= 15 is 0 Å². The average Bonchev–Trinajstić information content (AvgIpc) is 2.29. The number of halogens is 3. The Labute approximate surface area is 97.0 Å². The standard InChI is InChI=1S/C11H13F3N2O/c12-11(13,14)10-6-8(3-4-15-10)16-9-2-1-5-17-7-9/h3-4,6,9H,1-2,5,7H2,(H,15,16). The Kier molecular flexibility index (Phi) is 3.51. The van der Waals surface area contributed by atoms with Gasteiger partial charge in [-0.25, -0.2) is 0 Å². The number of alkyl halides is 3. The number of rotatable bonds is 2. The van der Waals surface area contributed by atoms with E-state index in [1.807, 2.05) is 0 Å². The van der Waals surface area contributed by atoms with Gasteiger partial charge in [0.1, 0.15) is 5.69 Å². The third-order valence-corrected chi connectivity index (χ3v) is 2.58. The van der Waals surface area contributed by atoms with Crippen LogP contribution in [0.15, 0.2) is 18.3 Å². The molecule has 1 atom stereocenters. The summed E-state index contributed by atoms with van der Waals surface area (Å²) in [5.74, 6) is 0. The summed E-state index contributed by atoms with van der Waals surface area (Å²) in [5.41, 5.74) is -0.443. The fourth-order valence-corrected chi connectivity index (χ4v) is 1.77. The zero-order valence-electron chi connectivity index (χ0n) is 9.13. The molecule has 2 rings (SSSR count). The second-order valence-corrected chi connectivity index (χ2v) is 3.99. The summed E-state index contributed by atoms with van der Waals surface area (Å²) in [5, 5.41) is 3.03. The molecule has 1 aromatic heterocycles. The van der Waals surface area contributed by atoms with E-state index in [0.717, 1.165) is 31.7 Å². The number of nitrogens with one attached hydrogen (secondary N) is 1. The number of pyridine rings is 1. The molecule has 0 saturated carbocycles. The first kappa shape index (κ1) is 12.2. The molecule has 0 aliphatic carbocycles. The van der Waals surface area contributed by atoms with E-state index < -0.39 is 11.9 Å². The fraction of sp³-hybridized carbons (Fsp3) is 0.545. The van der Waals surface area contributed by atoms with Crippen LogP contribution < -0.4 is 5.32 Å². The van der Waals surface area contributed by atoms with Crippen LogP contribution in [0.5, 0.6) is 0 Å². The summed E-state index contributed by atoms with van der Waals surface area (Å²) in [7, 11) is 0. The second-order valence-electron chi connectivity index (χ2n) is 3.99. The molecule has 1 fully saturated rings. The van der Waals surface area contributed by atoms with E-state index in [0.29, 0.717) is 12.3 Å². The Bertz CT molecular complexity index is 375. The smallest absolute Gasteiger partial charge is 0.380 e. The highest BCUT2D eigenvalue weighted by Crippen LogP contribution is 2.29. The maximum atomic E-state index is 12.4. The molecule has 1 unspecified atom stereocenters. The molecule has 0 amide bonds. The summed E-state index contributed by atoms with van der Waals surface area (Å²) >= 11 is 0. The van der Waals surface area contributed by atoms with Crippen molar-refractivity contribution < 1.29 is 17.9 Å². The van der Waals surface area contributed by atoms with Gasteiger partial charge in [-0.2, -0.15) is 13.2 Å². The van der Waals surface area contributed by atoms with Gasteiger partial charge in [-0.1, -0.05) is 0 Å². The molecule has 2 heterocycles. The first-order valence-electron chi connectivity index (χ1n) is 5.43. The number of nitrogens with zero attached hydrogens (tertiary/aromatic N) is 1. The van der Waals surface area contributed by atoms with E-state index in [1.165, 1.54) is 6.07 Å². The zero-order chi connectivity index (χ0) is 12.3. The summed E-state index contributed by atoms with van der Waals surface area (Å²) < 4.78 is 42.5. The van der Waals surface area contributed by atoms with Crippen LogP contribution in [0.3, 0.4) is 0 Å². The van der Waals surface area contributed by atoms with Gasteiger partial charge in [0, 0.05) is 24.5 Å². The first-order chi connectivity index (χ1) is 8.05. The van der Waals surface area contributed by atoms with Crippen molar-refractivity contribution in [1.29, 1.82) is 0 Å². The predicted molar refractivity (Wildman–Crippen MR) is 56.7 cm³/mol. The Balaban J connectivity index is 2.05. The molecule has 6 heteroatoms. The minimum absolute atomic E-state index is 0.0761. The van der Waals surface area contributed by atoms with Crippen LogP contribution in [0.2, 0.25) is 0 Å². The summed E-state index contributed by atoms with van der Waals surface area (Å²) in [6, 6.07) is 2.63. The highest BCUT2D eigenvalue weighted by Gasteiger charge is 2.32. The van der Waals surface area contributed by atoms with Gasteiger partial charge in [-0.3, -0.25) is 4.98 Å². The van der Waals surface area contributed by atoms with Gasteiger partial charge in [0.2, 0.25) is 0 Å². The van der Waals surface area contributed by atoms with Crippen molar-refractivity contribution in [2.24, 2.45) is 0 Å². The summed E-state index contributed by atoms with van der Waals surface area (Å²) in [6.07, 6.45) is -1.41. The van der Waals surface area contributed by atoms with Crippen LogP contribution in [0.25, 0.3) is 0 Å². The Morgan fingerprint density at radius 1 is 1.41 bits per heavy atom. The molecule has 1 aliphatic rings. The van der Waals surface area contributed by atoms with E-state index in [2.05, 4.69) is 10.3 Å². The minimum Gasteiger partial charge on any atom is -0.380 e. The molecular weight excluding hydrogens is 233 g/mol. The van der Waals surface area contributed by atoms with Crippen molar-refractivity contribution in [1.82, 2.24) is 4.98 Å². The van der Waals surface area contributed by atoms with Crippen LogP contribution in [0.1, 0.15) is 18.5 Å². The molecule has 1 saturated heterocycles. The Hall–Kier alpha value is -1.30. The zero-order valence-corrected chi connectivity index (χ0v) is 9.13. The fourth-order valence-electron chi connectivity index (χ4n) is 1.77. The quantitative estimate of drug-likeness (QED) is 0.871. The van der Waals surface area contributed by atoms with Crippen LogP contribution >= 0.6 is 0 Å². The van der Waals surface area contributed by atoms with E-state index in [1.54, 1.807) is 0 Å². The van der Waals surface area contributed by atoms with Gasteiger partial charge in [0.15, 0.2) is 0 Å². The average molecular weight is 246 g/mol. The molecule has 0 radical (unpaired) electrons. The van der Waals surface area contributed by atoms with Crippen LogP contribution in [0, 0.1) is 0 Å². The van der Waals surface area contributed by atoms with Gasteiger partial charge in [-0.05, 0) is 25.0 Å². The highest BCUT2D eigenvalue weighted by molar-refractivity contribution is 5.44. The maximum absolute atomic E-state index is 12.4. The third-order valence-electron chi connectivity index (χ3n) is 2.58. The minimum atomic E-state index is -4.40. The topological polar surface area (TPSA) is 34.1 Å². The van der Waals surface area contributed by atoms with Gasteiger partial charge < -0.3 is 10.1 Å². The lowest BCUT2D eigenvalue weighted by atomic mass is 10.1. The lowest BCUT2D eigenvalue weighted by Gasteiger charge is -2.24. The van der Waals surface area contributed by atoms with Crippen molar-refractivity contribution in [3.05, 3.63) is 24.0 Å². The van der Waals surface area contributed by atoms with E-state index in [4.69, 9.17) is 4.74 Å². The largest absolute Gasteiger partial charge is 0.433 e. The molecule has 0 spiro atoms. The Morgan fingerprint density at radius 2 is 2.24 bits per heavy atom. The van der Waals surface area contributed by atoms with Crippen molar-refractivity contribution >= 4 is 5.69 Å². The first-order valence-corrected chi connectivity index (χ1v) is 5.43. The Morgan fingerprint density at radius 3 is 2.88 bits per heavy atom. The molecule has 1 aromatic rings. The monoisotopic (exact) mass is 246 g/mol. The maximum Gasteiger partial charge on any atom is 0.433 e. The predicted octanol–water partition coefficient (Wildman–Crippen LogP) is 2.69. The second kappa shape index (κ2) is 4.91. The van der Waals surface area contributed by atoms with Crippen molar-refractivity contribution in [2.45, 2.75) is 25.1 Å². The third kappa shape index (κ3) is 3.33. The lowest BCUT2D eigenvalue weighted by Crippen LogP contribution is -2.30. The molecule has 17 heavy (non-hydrogen) atoms. The molecular formula is C11H13F3N2O. The van der Waals surface area contributed by atoms with Crippen LogP contribution in [-0.2, 0) is 10.9 Å². The normalized spacial score (nSPS) is 21.2. The van der Waals surface area contributed by atoms with Crippen molar-refractivity contribution in [2.75, 3.05) is 18.5 Å². The highest BCUT2D eigenvalue weighted by atomic mass is 19.4. The molecule has 0 bridgehead atoms. The van der Waals surface area contributed by atoms with Crippen LogP contribution in [0.4, 0.5) is 18.9 Å². The molecule has 94 valence electrons. The molecule has 1 N–H and O–H groups in total. The SMILES string of the molecule is FC(F)(F)c1cc(NC2CCCOC2)ccn1. The number of anilines is 1. The van der Waals surface area contributed by atoms with Crippen molar-refractivity contribution in [3.63, 3.8) is 0 Å². The van der Waals surface area contributed by atoms with Gasteiger partial charge in [0.05, 0.1) is 6.61 Å². The van der Waals surface area contributed by atoms with Gasteiger partial charge in [-0.15, -0.1) is 0 Å². The van der Waals surface area contributed by atoms with Crippen molar-refractivity contribution in [3.8, 4) is 0 Å². The summed E-state index contributed by atoms with van der Waals surface area (Å²) in [6.45, 7) is 1.26. The number of aromatic nitrogens is 1. The molecule has 3 nitrogen and oxygen atoms in total. The lowest BCUT2D eigenvalue weighted by molar-refractivity contribution is -0.141.